The quantitative estimate of drug-likeness (QED) is 0.0109. The summed E-state index contributed by atoms with van der Waals surface area (Å²) in [7, 11) is 0. The number of para-hydroxylation sites is 1. The summed E-state index contributed by atoms with van der Waals surface area (Å²) in [6.07, 6.45) is 11.9. The van der Waals surface area contributed by atoms with E-state index in [2.05, 4.69) is 33.1 Å². The average molecular weight is 1290 g/mol. The number of nitrogens with zero attached hydrogens (tertiary/aromatic N) is 1. The molecule has 1 heterocycles. The largest absolute Gasteiger partial charge is 0.508 e. The Balaban J connectivity index is 0.000000341. The number of esters is 4. The minimum absolute atomic E-state index is 0.0304. The third-order valence-corrected chi connectivity index (χ3v) is 16.3. The van der Waals surface area contributed by atoms with E-state index >= 15 is 0 Å². The van der Waals surface area contributed by atoms with E-state index in [1.54, 1.807) is 19.1 Å². The van der Waals surface area contributed by atoms with Crippen molar-refractivity contribution >= 4 is 58.7 Å². The number of unbranched alkanes of at least 4 members (excludes halogenated alkanes) is 6. The van der Waals surface area contributed by atoms with Gasteiger partial charge in [0.25, 0.3) is 0 Å². The van der Waals surface area contributed by atoms with Gasteiger partial charge in [-0.15, -0.1) is 0 Å². The molecule has 5 aromatic rings. The van der Waals surface area contributed by atoms with Crippen LogP contribution in [-0.2, 0) is 44.2 Å². The molecule has 0 radical (unpaired) electrons. The number of benzene rings is 5. The molecule has 0 aliphatic carbocycles. The topological polar surface area (TPSA) is 218 Å². The molecule has 1 unspecified atom stereocenters. The lowest BCUT2D eigenvalue weighted by molar-refractivity contribution is -0.144. The molecule has 1 atom stereocenters. The summed E-state index contributed by atoms with van der Waals surface area (Å²) in [4.78, 5) is 57.6. The van der Waals surface area contributed by atoms with E-state index in [0.717, 1.165) is 97.0 Å². The first-order valence-electron chi connectivity index (χ1n) is 31.8. The number of phenols is 4. The van der Waals surface area contributed by atoms with Crippen LogP contribution in [0.5, 0.6) is 28.7 Å². The zero-order valence-corrected chi connectivity index (χ0v) is 57.6. The van der Waals surface area contributed by atoms with Crippen LogP contribution in [0.25, 0.3) is 0 Å². The Morgan fingerprint density at radius 2 is 1.08 bits per heavy atom. The summed E-state index contributed by atoms with van der Waals surface area (Å²) in [5, 5.41) is 45.0. The lowest BCUT2D eigenvalue weighted by Gasteiger charge is -2.30. The van der Waals surface area contributed by atoms with E-state index in [1.807, 2.05) is 122 Å². The van der Waals surface area contributed by atoms with Crippen molar-refractivity contribution in [2.24, 2.45) is 11.8 Å². The normalized spacial score (nSPS) is 12.9. The number of anilines is 1. The predicted octanol–water partition coefficient (Wildman–Crippen LogP) is 17.6. The van der Waals surface area contributed by atoms with Gasteiger partial charge in [0.2, 0.25) is 5.91 Å². The van der Waals surface area contributed by atoms with Crippen molar-refractivity contribution in [3.63, 3.8) is 0 Å². The number of ether oxygens (including phenoxy) is 4. The molecule has 496 valence electrons. The minimum Gasteiger partial charge on any atom is -0.508 e. The smallest absolute Gasteiger partial charge is 0.338 e. The molecular weight excluding hydrogens is 1180 g/mol. The molecule has 0 spiro atoms. The lowest BCUT2D eigenvalue weighted by atomic mass is 9.75. The Hall–Kier alpha value is -6.97. The maximum Gasteiger partial charge on any atom is 0.338 e. The molecule has 1 saturated heterocycles. The highest BCUT2D eigenvalue weighted by Gasteiger charge is 2.31. The number of carbonyl (C=O) groups excluding carboxylic acids is 5. The van der Waals surface area contributed by atoms with E-state index < -0.39 is 22.8 Å². The summed E-state index contributed by atoms with van der Waals surface area (Å²) < 4.78 is 20.3. The number of amides is 1. The summed E-state index contributed by atoms with van der Waals surface area (Å²) in [6.45, 7) is 31.3. The zero-order chi connectivity index (χ0) is 67.5. The molecule has 15 nitrogen and oxygen atoms in total. The first-order chi connectivity index (χ1) is 42.4. The van der Waals surface area contributed by atoms with Crippen LogP contribution in [0, 0.1) is 39.5 Å². The molecule has 0 bridgehead atoms. The number of aryl methyl sites for hydroxylation is 4. The molecule has 90 heavy (non-hydrogen) atoms. The zero-order valence-electron chi connectivity index (χ0n) is 56.1. The second kappa shape index (κ2) is 38.0. The van der Waals surface area contributed by atoms with Gasteiger partial charge in [0.15, 0.2) is 5.75 Å². The molecular formula is C73H102Cl2N2O13. The molecule has 0 aromatic heterocycles. The van der Waals surface area contributed by atoms with E-state index in [1.165, 1.54) is 19.1 Å². The average Bonchev–Trinajstić information content (AvgIpc) is 1.20. The number of nitrogens with one attached hydrogen (secondary N) is 1. The summed E-state index contributed by atoms with van der Waals surface area (Å²) in [5.41, 5.74) is 10.3. The van der Waals surface area contributed by atoms with Gasteiger partial charge in [-0.25, -0.2) is 4.79 Å². The maximum absolute atomic E-state index is 12.1. The lowest BCUT2D eigenvalue weighted by Crippen LogP contribution is -2.32. The van der Waals surface area contributed by atoms with Gasteiger partial charge in [0.05, 0.1) is 53.6 Å². The standard InChI is InChI=1S/C32H54O6.C20H26O2.C11H10Cl2O4.C10H12N2O/c1-7-9-11-13-21-37-29(35)17-15-19-31(3,4)25-23-28(34)26(24-27(25)33)32(5,6)20-16-18-30(36)38-22-14-12-10-8-2;1-11(2)18(16-9-12(3)7-14(5)19(16)21)17-10-13(4)8-15(6)20(17)22;1-3-16-11(15)7-4-8(12)10(9(13)5-7)17-6(2)14;1-8-7-12(11-10(8)13)9-5-3-2-4-6-9/h23-24,33-34H,7-22H2,1-6H3;7-11,18,21-22H,1-6H3;4-5H,3H2,1-2H3;2-6,8H,7H2,1H3,(H,11,13). The van der Waals surface area contributed by atoms with Gasteiger partial charge in [-0.2, -0.15) is 0 Å². The van der Waals surface area contributed by atoms with Crippen LogP contribution >= 0.6 is 23.2 Å². The van der Waals surface area contributed by atoms with Crippen molar-refractivity contribution in [2.45, 2.75) is 210 Å². The van der Waals surface area contributed by atoms with E-state index in [0.29, 0.717) is 74.4 Å². The molecule has 6 rings (SSSR count). The number of halogens is 2. The Morgan fingerprint density at radius 1 is 0.633 bits per heavy atom. The number of hydrogen-bond donors (Lipinski definition) is 5. The van der Waals surface area contributed by atoms with Crippen LogP contribution in [-0.4, -0.2) is 76.6 Å². The summed E-state index contributed by atoms with van der Waals surface area (Å²) in [6, 6.07) is 23.9. The molecule has 1 fully saturated rings. The monoisotopic (exact) mass is 1280 g/mol. The third-order valence-electron chi connectivity index (χ3n) is 15.7. The second-order valence-electron chi connectivity index (χ2n) is 25.1. The van der Waals surface area contributed by atoms with Crippen LogP contribution in [0.4, 0.5) is 5.69 Å². The van der Waals surface area contributed by atoms with Gasteiger partial charge < -0.3 is 39.4 Å². The SMILES string of the molecule is CC1CN(c2ccccc2)NC1=O.CCCCCCOC(=O)CCCC(C)(C)c1cc(O)c(C(C)(C)CCCC(=O)OCCCCCC)cc1O.CCOC(=O)c1cc(Cl)c(OC(C)=O)c(Cl)c1.Cc1cc(C)c(O)c(C(c2cc(C)cc(C)c2O)C(C)C)c1. The van der Waals surface area contributed by atoms with Crippen LogP contribution in [0.2, 0.25) is 10.0 Å². The Labute approximate surface area is 546 Å². The van der Waals surface area contributed by atoms with Crippen molar-refractivity contribution < 1.29 is 63.3 Å². The number of hydrogen-bond acceptors (Lipinski definition) is 14. The minimum atomic E-state index is -0.544. The van der Waals surface area contributed by atoms with E-state index in [-0.39, 0.29) is 75.1 Å². The van der Waals surface area contributed by atoms with Crippen LogP contribution in [0.1, 0.15) is 227 Å². The number of rotatable bonds is 27. The fourth-order valence-corrected chi connectivity index (χ4v) is 11.3. The third kappa shape index (κ3) is 25.0. The molecule has 0 saturated carbocycles. The number of phenolic OH excluding ortho intramolecular Hbond substituents is 4. The van der Waals surface area contributed by atoms with Gasteiger partial charge in [0.1, 0.15) is 23.0 Å². The first-order valence-corrected chi connectivity index (χ1v) is 32.6. The Morgan fingerprint density at radius 3 is 1.46 bits per heavy atom. The molecule has 17 heteroatoms. The highest BCUT2D eigenvalue weighted by atomic mass is 35.5. The highest BCUT2D eigenvalue weighted by Crippen LogP contribution is 2.45. The fraction of sp³-hybridized carbons (Fsp3) is 0.521. The first kappa shape index (κ1) is 77.3. The predicted molar refractivity (Wildman–Crippen MR) is 360 cm³/mol. The Kier molecular flexibility index (Phi) is 32.6. The maximum atomic E-state index is 12.1. The fourth-order valence-electron chi connectivity index (χ4n) is 10.8. The van der Waals surface area contributed by atoms with E-state index in [9.17, 15) is 44.4 Å². The van der Waals surface area contributed by atoms with Crippen molar-refractivity contribution in [2.75, 3.05) is 31.4 Å². The summed E-state index contributed by atoms with van der Waals surface area (Å²) in [5.74, 6) is -0.0335. The van der Waals surface area contributed by atoms with Crippen LogP contribution in [0.15, 0.2) is 78.9 Å². The molecule has 5 N–H and O–H groups in total. The number of carbonyl (C=O) groups is 5. The molecule has 5 aromatic carbocycles. The number of hydrazine groups is 1. The van der Waals surface area contributed by atoms with Gasteiger partial charge in [-0.3, -0.25) is 29.6 Å². The van der Waals surface area contributed by atoms with Gasteiger partial charge in [0, 0.05) is 47.9 Å². The van der Waals surface area contributed by atoms with E-state index in [4.69, 9.17) is 42.1 Å². The second-order valence-corrected chi connectivity index (χ2v) is 25.9. The van der Waals surface area contributed by atoms with Crippen molar-refractivity contribution in [3.05, 3.63) is 139 Å². The molecule has 1 aliphatic rings. The van der Waals surface area contributed by atoms with Crippen molar-refractivity contribution in [1.29, 1.82) is 0 Å². The number of aromatic hydroxyl groups is 4. The van der Waals surface area contributed by atoms with Crippen molar-refractivity contribution in [3.8, 4) is 28.7 Å². The van der Waals surface area contributed by atoms with Gasteiger partial charge in [-0.05, 0) is 137 Å². The molecule has 1 aliphatic heterocycles. The highest BCUT2D eigenvalue weighted by molar-refractivity contribution is 6.37. The van der Waals surface area contributed by atoms with Crippen molar-refractivity contribution in [1.82, 2.24) is 5.43 Å². The van der Waals surface area contributed by atoms with Gasteiger partial charge in [-0.1, -0.05) is 178 Å². The van der Waals surface area contributed by atoms with Crippen LogP contribution in [0.3, 0.4) is 0 Å². The van der Waals surface area contributed by atoms with Crippen LogP contribution < -0.4 is 15.2 Å². The molecule has 1 amide bonds. The summed E-state index contributed by atoms with van der Waals surface area (Å²) >= 11 is 11.7. The van der Waals surface area contributed by atoms with Gasteiger partial charge >= 0.3 is 23.9 Å². The Bertz CT molecular complexity index is 2970.